The van der Waals surface area contributed by atoms with Crippen molar-refractivity contribution in [2.45, 2.75) is 25.9 Å². The van der Waals surface area contributed by atoms with E-state index in [9.17, 15) is 5.11 Å². The molecule has 0 aromatic carbocycles. The molecule has 5 nitrogen and oxygen atoms in total. The van der Waals surface area contributed by atoms with Crippen molar-refractivity contribution in [2.24, 2.45) is 0 Å². The molecule has 1 saturated heterocycles. The predicted molar refractivity (Wildman–Crippen MR) is 60.4 cm³/mol. The van der Waals surface area contributed by atoms with Crippen LogP contribution in [0.4, 0.5) is 5.95 Å². The number of nitrogens with one attached hydrogen (secondary N) is 1. The van der Waals surface area contributed by atoms with Crippen LogP contribution in [0.5, 0.6) is 0 Å². The monoisotopic (exact) mass is 223 g/mol. The Balaban J connectivity index is 1.98. The predicted octanol–water partition coefficient (Wildman–Crippen LogP) is 0.657. The van der Waals surface area contributed by atoms with Crippen molar-refractivity contribution in [1.29, 1.82) is 0 Å². The minimum Gasteiger partial charge on any atom is -0.386 e. The van der Waals surface area contributed by atoms with E-state index in [1.165, 1.54) is 0 Å². The van der Waals surface area contributed by atoms with Crippen LogP contribution in [-0.4, -0.2) is 40.4 Å². The van der Waals surface area contributed by atoms with Crippen LogP contribution < -0.4 is 5.32 Å². The standard InChI is InChI=1S/C11H17N3O2/c1-8-5-9(2)14-10(13-8)12-6-11(15)3-4-16-7-11/h5,15H,3-4,6-7H2,1-2H3,(H,12,13,14). The van der Waals surface area contributed by atoms with Crippen molar-refractivity contribution in [1.82, 2.24) is 9.97 Å². The quantitative estimate of drug-likeness (QED) is 0.787. The highest BCUT2D eigenvalue weighted by molar-refractivity contribution is 5.28. The minimum absolute atomic E-state index is 0.380. The van der Waals surface area contributed by atoms with E-state index in [0.717, 1.165) is 11.4 Å². The summed E-state index contributed by atoms with van der Waals surface area (Å²) in [6, 6.07) is 1.92. The molecule has 0 radical (unpaired) electrons. The molecular weight excluding hydrogens is 206 g/mol. The Morgan fingerprint density at radius 1 is 1.44 bits per heavy atom. The van der Waals surface area contributed by atoms with Crippen LogP contribution in [0, 0.1) is 13.8 Å². The summed E-state index contributed by atoms with van der Waals surface area (Å²) in [6.45, 7) is 5.27. The van der Waals surface area contributed by atoms with Gasteiger partial charge in [0, 0.05) is 31.0 Å². The fourth-order valence-electron chi connectivity index (χ4n) is 1.78. The molecule has 0 spiro atoms. The molecule has 2 heterocycles. The highest BCUT2D eigenvalue weighted by atomic mass is 16.5. The number of nitrogens with zero attached hydrogens (tertiary/aromatic N) is 2. The van der Waals surface area contributed by atoms with Crippen molar-refractivity contribution >= 4 is 5.95 Å². The van der Waals surface area contributed by atoms with Crippen molar-refractivity contribution in [3.8, 4) is 0 Å². The zero-order valence-corrected chi connectivity index (χ0v) is 9.66. The second-order valence-corrected chi connectivity index (χ2v) is 4.35. The second kappa shape index (κ2) is 4.35. The molecule has 5 heteroatoms. The van der Waals surface area contributed by atoms with Gasteiger partial charge in [0.05, 0.1) is 6.61 Å². The Hall–Kier alpha value is -1.20. The first-order chi connectivity index (χ1) is 7.57. The molecular formula is C11H17N3O2. The van der Waals surface area contributed by atoms with Crippen LogP contribution >= 0.6 is 0 Å². The smallest absolute Gasteiger partial charge is 0.223 e. The summed E-state index contributed by atoms with van der Waals surface area (Å²) >= 11 is 0. The number of ether oxygens (including phenoxy) is 1. The van der Waals surface area contributed by atoms with Gasteiger partial charge in [0.25, 0.3) is 0 Å². The Morgan fingerprint density at radius 2 is 2.12 bits per heavy atom. The molecule has 88 valence electrons. The highest BCUT2D eigenvalue weighted by Crippen LogP contribution is 2.18. The number of hydrogen-bond acceptors (Lipinski definition) is 5. The largest absolute Gasteiger partial charge is 0.386 e. The van der Waals surface area contributed by atoms with E-state index in [2.05, 4.69) is 15.3 Å². The van der Waals surface area contributed by atoms with Crippen LogP contribution in [0.2, 0.25) is 0 Å². The molecule has 1 unspecified atom stereocenters. The van der Waals surface area contributed by atoms with E-state index < -0.39 is 5.60 Å². The molecule has 1 fully saturated rings. The molecule has 2 N–H and O–H groups in total. The van der Waals surface area contributed by atoms with E-state index in [1.807, 2.05) is 19.9 Å². The van der Waals surface area contributed by atoms with Gasteiger partial charge in [0.1, 0.15) is 5.60 Å². The first kappa shape index (κ1) is 11.3. The van der Waals surface area contributed by atoms with Crippen molar-refractivity contribution in [3.05, 3.63) is 17.5 Å². The molecule has 16 heavy (non-hydrogen) atoms. The summed E-state index contributed by atoms with van der Waals surface area (Å²) in [7, 11) is 0. The molecule has 1 atom stereocenters. The zero-order valence-electron chi connectivity index (χ0n) is 9.66. The Kier molecular flexibility index (Phi) is 3.07. The summed E-state index contributed by atoms with van der Waals surface area (Å²) < 4.78 is 5.17. The van der Waals surface area contributed by atoms with Gasteiger partial charge in [-0.3, -0.25) is 0 Å². The van der Waals surface area contributed by atoms with E-state index >= 15 is 0 Å². The minimum atomic E-state index is -0.777. The van der Waals surface area contributed by atoms with Crippen LogP contribution in [0.1, 0.15) is 17.8 Å². The van der Waals surface area contributed by atoms with Crippen molar-refractivity contribution in [2.75, 3.05) is 25.1 Å². The van der Waals surface area contributed by atoms with E-state index in [0.29, 0.717) is 32.1 Å². The van der Waals surface area contributed by atoms with Gasteiger partial charge in [0.2, 0.25) is 5.95 Å². The van der Waals surface area contributed by atoms with Gasteiger partial charge < -0.3 is 15.2 Å². The second-order valence-electron chi connectivity index (χ2n) is 4.35. The molecule has 0 saturated carbocycles. The summed E-state index contributed by atoms with van der Waals surface area (Å²) in [5.41, 5.74) is 1.07. The fourth-order valence-corrected chi connectivity index (χ4v) is 1.78. The Labute approximate surface area is 94.9 Å². The molecule has 1 aromatic rings. The van der Waals surface area contributed by atoms with E-state index in [1.54, 1.807) is 0 Å². The van der Waals surface area contributed by atoms with Crippen molar-refractivity contribution < 1.29 is 9.84 Å². The molecule has 0 bridgehead atoms. The summed E-state index contributed by atoms with van der Waals surface area (Å²) in [4.78, 5) is 8.50. The Bertz CT molecular complexity index is 355. The lowest BCUT2D eigenvalue weighted by molar-refractivity contribution is 0.0380. The third-order valence-electron chi connectivity index (χ3n) is 2.64. The van der Waals surface area contributed by atoms with Crippen LogP contribution in [0.15, 0.2) is 6.07 Å². The lowest BCUT2D eigenvalue weighted by Crippen LogP contribution is -2.37. The third-order valence-corrected chi connectivity index (χ3v) is 2.64. The van der Waals surface area contributed by atoms with Crippen molar-refractivity contribution in [3.63, 3.8) is 0 Å². The Morgan fingerprint density at radius 3 is 2.69 bits per heavy atom. The number of aryl methyl sites for hydroxylation is 2. The van der Waals surface area contributed by atoms with E-state index in [-0.39, 0.29) is 0 Å². The number of anilines is 1. The maximum atomic E-state index is 10.0. The molecule has 0 aliphatic carbocycles. The van der Waals surface area contributed by atoms with E-state index in [4.69, 9.17) is 4.74 Å². The van der Waals surface area contributed by atoms with Gasteiger partial charge in [0.15, 0.2) is 0 Å². The molecule has 1 aromatic heterocycles. The normalized spacial score (nSPS) is 24.7. The maximum Gasteiger partial charge on any atom is 0.223 e. The average molecular weight is 223 g/mol. The molecule has 1 aliphatic heterocycles. The number of rotatable bonds is 3. The SMILES string of the molecule is Cc1cc(C)nc(NCC2(O)CCOC2)n1. The first-order valence-corrected chi connectivity index (χ1v) is 5.44. The molecule has 0 amide bonds. The molecule has 2 rings (SSSR count). The van der Waals surface area contributed by atoms with Gasteiger partial charge in [-0.25, -0.2) is 9.97 Å². The molecule has 1 aliphatic rings. The summed E-state index contributed by atoms with van der Waals surface area (Å²) in [5, 5.41) is 13.1. The number of hydrogen-bond donors (Lipinski definition) is 2. The maximum absolute atomic E-state index is 10.0. The fraction of sp³-hybridized carbons (Fsp3) is 0.636. The van der Waals surface area contributed by atoms with Gasteiger partial charge in [-0.2, -0.15) is 0 Å². The van der Waals surface area contributed by atoms with Gasteiger partial charge in [-0.1, -0.05) is 0 Å². The topological polar surface area (TPSA) is 67.3 Å². The number of aromatic nitrogens is 2. The van der Waals surface area contributed by atoms with Crippen LogP contribution in [-0.2, 0) is 4.74 Å². The lowest BCUT2D eigenvalue weighted by atomic mass is 10.0. The summed E-state index contributed by atoms with van der Waals surface area (Å²) in [6.07, 6.45) is 0.658. The van der Waals surface area contributed by atoms with Crippen LogP contribution in [0.25, 0.3) is 0 Å². The summed E-state index contributed by atoms with van der Waals surface area (Å²) in [5.74, 6) is 0.567. The lowest BCUT2D eigenvalue weighted by Gasteiger charge is -2.20. The highest BCUT2D eigenvalue weighted by Gasteiger charge is 2.32. The average Bonchev–Trinajstić information content (AvgIpc) is 2.62. The first-order valence-electron chi connectivity index (χ1n) is 5.44. The van der Waals surface area contributed by atoms with Gasteiger partial charge in [-0.15, -0.1) is 0 Å². The van der Waals surface area contributed by atoms with Crippen LogP contribution in [0.3, 0.4) is 0 Å². The third kappa shape index (κ3) is 2.68. The zero-order chi connectivity index (χ0) is 11.6. The van der Waals surface area contributed by atoms with Gasteiger partial charge >= 0.3 is 0 Å². The number of aliphatic hydroxyl groups is 1. The van der Waals surface area contributed by atoms with Gasteiger partial charge in [-0.05, 0) is 19.9 Å².